The monoisotopic (exact) mass is 364 g/mol. The minimum atomic E-state index is 0.510. The van der Waals surface area contributed by atoms with Crippen LogP contribution in [-0.2, 0) is 6.42 Å². The van der Waals surface area contributed by atoms with Crippen LogP contribution in [0.15, 0.2) is 48.5 Å². The van der Waals surface area contributed by atoms with Gasteiger partial charge in [0.2, 0.25) is 0 Å². The summed E-state index contributed by atoms with van der Waals surface area (Å²) in [6.45, 7) is 0.809. The van der Waals surface area contributed by atoms with Crippen molar-refractivity contribution in [3.05, 3.63) is 64.7 Å². The third-order valence-electron chi connectivity index (χ3n) is 4.07. The summed E-state index contributed by atoms with van der Waals surface area (Å²) in [5, 5.41) is 1.81. The summed E-state index contributed by atoms with van der Waals surface area (Å²) in [7, 11) is 0. The first-order valence-corrected chi connectivity index (χ1v) is 8.78. The van der Waals surface area contributed by atoms with E-state index in [1.54, 1.807) is 0 Å². The van der Waals surface area contributed by atoms with Gasteiger partial charge in [-0.05, 0) is 42.5 Å². The van der Waals surface area contributed by atoms with Crippen LogP contribution in [0.3, 0.4) is 0 Å². The Labute approximate surface area is 139 Å². The van der Waals surface area contributed by atoms with E-state index in [1.807, 2.05) is 18.2 Å². The lowest BCUT2D eigenvalue weighted by atomic mass is 9.88. The van der Waals surface area contributed by atoms with E-state index in [0.717, 1.165) is 35.6 Å². The minimum absolute atomic E-state index is 0.510. The van der Waals surface area contributed by atoms with Gasteiger partial charge in [-0.3, -0.25) is 0 Å². The van der Waals surface area contributed by atoms with Gasteiger partial charge in [-0.2, -0.15) is 0 Å². The van der Waals surface area contributed by atoms with Gasteiger partial charge in [0.25, 0.3) is 0 Å². The second-order valence-electron chi connectivity index (χ2n) is 5.63. The number of rotatable bonds is 5. The van der Waals surface area contributed by atoms with E-state index in [2.05, 4.69) is 46.3 Å². The van der Waals surface area contributed by atoms with E-state index in [1.165, 1.54) is 11.1 Å². The van der Waals surface area contributed by atoms with Crippen LogP contribution in [-0.4, -0.2) is 11.9 Å². The molecular weight excluding hydrogens is 348 g/mol. The largest absolute Gasteiger partial charge is 0.493 e. The quantitative estimate of drug-likeness (QED) is 0.639. The molecular formula is C18H18BrClO. The highest BCUT2D eigenvalue weighted by Crippen LogP contribution is 2.38. The van der Waals surface area contributed by atoms with Crippen LogP contribution in [0.4, 0.5) is 0 Å². The average Bonchev–Trinajstić information content (AvgIpc) is 2.92. The predicted molar refractivity (Wildman–Crippen MR) is 91.7 cm³/mol. The van der Waals surface area contributed by atoms with Gasteiger partial charge in [0.1, 0.15) is 5.75 Å². The van der Waals surface area contributed by atoms with Crippen LogP contribution < -0.4 is 4.74 Å². The molecule has 2 atom stereocenters. The zero-order chi connectivity index (χ0) is 14.7. The topological polar surface area (TPSA) is 9.23 Å². The van der Waals surface area contributed by atoms with E-state index in [0.29, 0.717) is 11.8 Å². The number of hydrogen-bond donors (Lipinski definition) is 0. The third-order valence-corrected chi connectivity index (χ3v) is 5.24. The normalized spacial score (nSPS) is 18.1. The minimum Gasteiger partial charge on any atom is -0.493 e. The molecule has 0 fully saturated rings. The summed E-state index contributed by atoms with van der Waals surface area (Å²) in [4.78, 5) is 0. The van der Waals surface area contributed by atoms with Gasteiger partial charge in [0, 0.05) is 21.8 Å². The molecule has 0 aliphatic carbocycles. The van der Waals surface area contributed by atoms with Crippen molar-refractivity contribution in [2.24, 2.45) is 5.92 Å². The smallest absolute Gasteiger partial charge is 0.122 e. The maximum atomic E-state index is 5.95. The summed E-state index contributed by atoms with van der Waals surface area (Å²) < 4.78 is 5.79. The van der Waals surface area contributed by atoms with Crippen LogP contribution >= 0.6 is 27.5 Å². The molecule has 2 aromatic rings. The molecule has 3 rings (SSSR count). The van der Waals surface area contributed by atoms with Crippen molar-refractivity contribution >= 4 is 27.5 Å². The van der Waals surface area contributed by atoms with Gasteiger partial charge in [-0.15, -0.1) is 0 Å². The van der Waals surface area contributed by atoms with Gasteiger partial charge < -0.3 is 4.74 Å². The van der Waals surface area contributed by atoms with E-state index in [4.69, 9.17) is 16.3 Å². The first kappa shape index (κ1) is 14.9. The lowest BCUT2D eigenvalue weighted by molar-refractivity contribution is 0.311. The van der Waals surface area contributed by atoms with E-state index in [-0.39, 0.29) is 0 Å². The molecule has 1 aliphatic rings. The molecule has 0 amide bonds. The lowest BCUT2D eigenvalue weighted by Crippen LogP contribution is -2.13. The maximum Gasteiger partial charge on any atom is 0.122 e. The molecule has 0 saturated heterocycles. The number of benzene rings is 2. The molecule has 1 aliphatic heterocycles. The van der Waals surface area contributed by atoms with Gasteiger partial charge in [0.05, 0.1) is 6.61 Å². The Kier molecular flexibility index (Phi) is 4.87. The Morgan fingerprint density at radius 3 is 2.67 bits per heavy atom. The molecule has 21 heavy (non-hydrogen) atoms. The van der Waals surface area contributed by atoms with Gasteiger partial charge >= 0.3 is 0 Å². The van der Waals surface area contributed by atoms with Crippen LogP contribution in [0.5, 0.6) is 5.75 Å². The molecule has 3 heteroatoms. The van der Waals surface area contributed by atoms with Crippen molar-refractivity contribution in [3.63, 3.8) is 0 Å². The molecule has 1 nitrogen and oxygen atoms in total. The van der Waals surface area contributed by atoms with Crippen LogP contribution in [0.1, 0.15) is 23.5 Å². The summed E-state index contributed by atoms with van der Waals surface area (Å²) in [5.41, 5.74) is 2.70. The first-order chi connectivity index (χ1) is 10.3. The molecule has 0 saturated carbocycles. The fraction of sp³-hybridized carbons (Fsp3) is 0.333. The van der Waals surface area contributed by atoms with E-state index >= 15 is 0 Å². The summed E-state index contributed by atoms with van der Waals surface area (Å²) in [5.74, 6) is 2.17. The Balaban J connectivity index is 1.67. The Morgan fingerprint density at radius 1 is 1.14 bits per heavy atom. The lowest BCUT2D eigenvalue weighted by Gasteiger charge is -2.18. The van der Waals surface area contributed by atoms with Crippen molar-refractivity contribution < 1.29 is 4.74 Å². The second-order valence-corrected chi connectivity index (χ2v) is 6.72. The number of fused-ring (bicyclic) bond motifs is 1. The molecule has 0 radical (unpaired) electrons. The first-order valence-electron chi connectivity index (χ1n) is 7.28. The van der Waals surface area contributed by atoms with Crippen molar-refractivity contribution in [1.82, 2.24) is 0 Å². The zero-order valence-electron chi connectivity index (χ0n) is 11.8. The number of hydrogen-bond acceptors (Lipinski definition) is 1. The summed E-state index contributed by atoms with van der Waals surface area (Å²) in [6, 6.07) is 16.6. The molecule has 110 valence electrons. The number of halogens is 2. The molecule has 2 aromatic carbocycles. The van der Waals surface area contributed by atoms with Gasteiger partial charge in [-0.1, -0.05) is 57.9 Å². The Hall–Kier alpha value is -0.990. The van der Waals surface area contributed by atoms with Crippen LogP contribution in [0.2, 0.25) is 5.02 Å². The highest BCUT2D eigenvalue weighted by atomic mass is 79.9. The molecule has 0 spiro atoms. The van der Waals surface area contributed by atoms with Crippen molar-refractivity contribution in [2.75, 3.05) is 11.9 Å². The molecule has 0 N–H and O–H groups in total. The number of alkyl halides is 1. The molecule has 0 bridgehead atoms. The summed E-state index contributed by atoms with van der Waals surface area (Å²) >= 11 is 9.62. The summed E-state index contributed by atoms with van der Waals surface area (Å²) in [6.07, 6.45) is 2.21. The van der Waals surface area contributed by atoms with Crippen LogP contribution in [0, 0.1) is 5.92 Å². The number of para-hydroxylation sites is 1. The van der Waals surface area contributed by atoms with Gasteiger partial charge in [-0.25, -0.2) is 0 Å². The average molecular weight is 366 g/mol. The maximum absolute atomic E-state index is 5.95. The van der Waals surface area contributed by atoms with E-state index < -0.39 is 0 Å². The second kappa shape index (κ2) is 6.85. The third kappa shape index (κ3) is 3.61. The van der Waals surface area contributed by atoms with Crippen molar-refractivity contribution in [2.45, 2.75) is 18.8 Å². The SMILES string of the molecule is Clc1ccc(CC(CBr)CC2COc3ccccc32)cc1. The molecule has 2 unspecified atom stereocenters. The Bertz CT molecular complexity index is 596. The van der Waals surface area contributed by atoms with Crippen molar-refractivity contribution in [3.8, 4) is 5.75 Å². The fourth-order valence-electron chi connectivity index (χ4n) is 2.98. The molecule has 0 aromatic heterocycles. The predicted octanol–water partition coefficient (Wildman–Crippen LogP) is 5.46. The van der Waals surface area contributed by atoms with Gasteiger partial charge in [0.15, 0.2) is 0 Å². The Morgan fingerprint density at radius 2 is 1.90 bits per heavy atom. The zero-order valence-corrected chi connectivity index (χ0v) is 14.1. The van der Waals surface area contributed by atoms with E-state index in [9.17, 15) is 0 Å². The highest BCUT2D eigenvalue weighted by molar-refractivity contribution is 9.09. The van der Waals surface area contributed by atoms with Crippen LogP contribution in [0.25, 0.3) is 0 Å². The highest BCUT2D eigenvalue weighted by Gasteiger charge is 2.26. The van der Waals surface area contributed by atoms with Crippen molar-refractivity contribution in [1.29, 1.82) is 0 Å². The molecule has 1 heterocycles. The number of ether oxygens (including phenoxy) is 1. The standard InChI is InChI=1S/C18H18BrClO/c19-11-14(9-13-5-7-16(20)8-6-13)10-15-12-21-18-4-2-1-3-17(15)18/h1-8,14-15H,9-12H2. The fourth-order valence-corrected chi connectivity index (χ4v) is 3.60.